The Hall–Kier alpha value is -0.530. The van der Waals surface area contributed by atoms with Crippen molar-refractivity contribution in [1.82, 2.24) is 0 Å². The van der Waals surface area contributed by atoms with Crippen LogP contribution < -0.4 is 0 Å². The molecule has 0 saturated carbocycles. The molecule has 0 saturated heterocycles. The zero-order valence-corrected chi connectivity index (χ0v) is 11.1. The zero-order chi connectivity index (χ0) is 12.3. The lowest BCUT2D eigenvalue weighted by Gasteiger charge is -2.26. The average Bonchev–Trinajstić information content (AvgIpc) is 1.97. The summed E-state index contributed by atoms with van der Waals surface area (Å²) in [6, 6.07) is 0. The van der Waals surface area contributed by atoms with Crippen LogP contribution in [0.1, 0.15) is 60.8 Å². The molecule has 0 spiro atoms. The van der Waals surface area contributed by atoms with Gasteiger partial charge < -0.3 is 5.11 Å². The predicted molar refractivity (Wildman–Crippen MR) is 63.9 cm³/mol. The van der Waals surface area contributed by atoms with E-state index in [1.54, 1.807) is 13.8 Å². The Bertz CT molecular complexity index is 211. The van der Waals surface area contributed by atoms with E-state index >= 15 is 0 Å². The molecule has 1 N–H and O–H groups in total. The van der Waals surface area contributed by atoms with E-state index in [-0.39, 0.29) is 0 Å². The number of aliphatic carboxylic acids is 1. The first-order valence-corrected chi connectivity index (χ1v) is 5.78. The van der Waals surface area contributed by atoms with Gasteiger partial charge in [0.2, 0.25) is 0 Å². The Morgan fingerprint density at radius 1 is 1.20 bits per heavy atom. The van der Waals surface area contributed by atoms with Crippen LogP contribution in [0.5, 0.6) is 0 Å². The number of carbonyl (C=O) groups is 1. The number of hydrogen-bond donors (Lipinski definition) is 1. The van der Waals surface area contributed by atoms with Gasteiger partial charge >= 0.3 is 5.97 Å². The van der Waals surface area contributed by atoms with Gasteiger partial charge in [0.1, 0.15) is 0 Å². The number of rotatable bonds is 5. The second-order valence-electron chi connectivity index (χ2n) is 6.60. The summed E-state index contributed by atoms with van der Waals surface area (Å²) >= 11 is 0. The van der Waals surface area contributed by atoms with Crippen molar-refractivity contribution in [3.05, 3.63) is 0 Å². The molecular formula is C13H26O2. The molecule has 0 aromatic carbocycles. The van der Waals surface area contributed by atoms with Gasteiger partial charge in [0.05, 0.1) is 5.41 Å². The molecule has 0 aromatic heterocycles. The average molecular weight is 214 g/mol. The van der Waals surface area contributed by atoms with Crippen molar-refractivity contribution in [3.8, 4) is 0 Å². The number of carboxylic acid groups (broad SMARTS) is 1. The highest BCUT2D eigenvalue weighted by Gasteiger charge is 2.27. The summed E-state index contributed by atoms with van der Waals surface area (Å²) in [5.74, 6) is -0.0888. The van der Waals surface area contributed by atoms with Gasteiger partial charge in [0.15, 0.2) is 0 Å². The van der Waals surface area contributed by atoms with Crippen molar-refractivity contribution in [1.29, 1.82) is 0 Å². The quantitative estimate of drug-likeness (QED) is 0.752. The van der Waals surface area contributed by atoms with Gasteiger partial charge in [0.25, 0.3) is 0 Å². The van der Waals surface area contributed by atoms with Gasteiger partial charge in [-0.2, -0.15) is 0 Å². The summed E-state index contributed by atoms with van der Waals surface area (Å²) < 4.78 is 0. The normalized spacial score (nSPS) is 15.1. The maximum Gasteiger partial charge on any atom is 0.309 e. The molecule has 1 atom stereocenters. The molecule has 2 heteroatoms. The lowest BCUT2D eigenvalue weighted by Crippen LogP contribution is -2.24. The molecular weight excluding hydrogens is 188 g/mol. The van der Waals surface area contributed by atoms with E-state index in [2.05, 4.69) is 27.7 Å². The van der Waals surface area contributed by atoms with Crippen LogP contribution in [0.2, 0.25) is 0 Å². The van der Waals surface area contributed by atoms with E-state index < -0.39 is 11.4 Å². The highest BCUT2D eigenvalue weighted by atomic mass is 16.4. The fourth-order valence-electron chi connectivity index (χ4n) is 1.86. The van der Waals surface area contributed by atoms with Crippen LogP contribution in [0.25, 0.3) is 0 Å². The maximum absolute atomic E-state index is 10.9. The van der Waals surface area contributed by atoms with Crippen LogP contribution in [0, 0.1) is 16.7 Å². The zero-order valence-electron chi connectivity index (χ0n) is 11.1. The van der Waals surface area contributed by atoms with E-state index in [4.69, 9.17) is 5.11 Å². The van der Waals surface area contributed by atoms with Crippen molar-refractivity contribution in [2.24, 2.45) is 16.7 Å². The van der Waals surface area contributed by atoms with Crippen LogP contribution >= 0.6 is 0 Å². The largest absolute Gasteiger partial charge is 0.481 e. The predicted octanol–water partition coefficient (Wildman–Crippen LogP) is 3.95. The third kappa shape index (κ3) is 6.53. The molecule has 0 rings (SSSR count). The molecule has 0 amide bonds. The highest BCUT2D eigenvalue weighted by Crippen LogP contribution is 2.31. The maximum atomic E-state index is 10.9. The Morgan fingerprint density at radius 3 is 2.00 bits per heavy atom. The van der Waals surface area contributed by atoms with Crippen molar-refractivity contribution in [3.63, 3.8) is 0 Å². The molecule has 90 valence electrons. The van der Waals surface area contributed by atoms with Crippen molar-refractivity contribution >= 4 is 5.97 Å². The Morgan fingerprint density at radius 2 is 1.67 bits per heavy atom. The first kappa shape index (κ1) is 14.5. The van der Waals surface area contributed by atoms with Gasteiger partial charge in [-0.25, -0.2) is 0 Å². The van der Waals surface area contributed by atoms with Crippen LogP contribution in [-0.4, -0.2) is 11.1 Å². The summed E-state index contributed by atoms with van der Waals surface area (Å²) in [4.78, 5) is 10.9. The minimum Gasteiger partial charge on any atom is -0.481 e. The first-order valence-electron chi connectivity index (χ1n) is 5.78. The second-order valence-corrected chi connectivity index (χ2v) is 6.60. The summed E-state index contributed by atoms with van der Waals surface area (Å²) in [5, 5.41) is 8.99. The van der Waals surface area contributed by atoms with E-state index in [1.165, 1.54) is 0 Å². The van der Waals surface area contributed by atoms with E-state index in [0.29, 0.717) is 11.3 Å². The summed E-state index contributed by atoms with van der Waals surface area (Å²) in [6.45, 7) is 12.5. The second kappa shape index (κ2) is 5.00. The van der Waals surface area contributed by atoms with Crippen LogP contribution in [0.3, 0.4) is 0 Å². The summed E-state index contributed by atoms with van der Waals surface area (Å²) in [5.41, 5.74) is -0.237. The van der Waals surface area contributed by atoms with E-state index in [9.17, 15) is 4.79 Å². The molecule has 15 heavy (non-hydrogen) atoms. The summed E-state index contributed by atoms with van der Waals surface area (Å²) in [6.07, 6.45) is 2.92. The Kier molecular flexibility index (Phi) is 4.82. The van der Waals surface area contributed by atoms with Gasteiger partial charge in [-0.05, 0) is 44.4 Å². The molecule has 0 fully saturated rings. The lowest BCUT2D eigenvalue weighted by molar-refractivity contribution is -0.147. The number of hydrogen-bond acceptors (Lipinski definition) is 1. The molecule has 1 unspecified atom stereocenters. The lowest BCUT2D eigenvalue weighted by atomic mass is 9.79. The standard InChI is InChI=1S/C13H26O2/c1-10(9-12(2,3)4)7-8-13(5,6)11(14)15/h10H,7-9H2,1-6H3,(H,14,15). The molecule has 0 aromatic rings. The van der Waals surface area contributed by atoms with Gasteiger partial charge in [0, 0.05) is 0 Å². The van der Waals surface area contributed by atoms with Crippen molar-refractivity contribution in [2.75, 3.05) is 0 Å². The SMILES string of the molecule is CC(CCC(C)(C)C(=O)O)CC(C)(C)C. The monoisotopic (exact) mass is 214 g/mol. The topological polar surface area (TPSA) is 37.3 Å². The Labute approximate surface area is 94.1 Å². The number of carboxylic acids is 1. The Balaban J connectivity index is 4.01. The van der Waals surface area contributed by atoms with Gasteiger partial charge in [-0.15, -0.1) is 0 Å². The van der Waals surface area contributed by atoms with Crippen LogP contribution in [-0.2, 0) is 4.79 Å². The fraction of sp³-hybridized carbons (Fsp3) is 0.923. The van der Waals surface area contributed by atoms with Crippen molar-refractivity contribution in [2.45, 2.75) is 60.8 Å². The van der Waals surface area contributed by atoms with E-state index in [1.807, 2.05) is 0 Å². The minimum absolute atomic E-state index is 0.340. The first-order chi connectivity index (χ1) is 6.54. The smallest absolute Gasteiger partial charge is 0.309 e. The van der Waals surface area contributed by atoms with Gasteiger partial charge in [-0.3, -0.25) is 4.79 Å². The molecule has 0 heterocycles. The molecule has 2 nitrogen and oxygen atoms in total. The summed E-state index contributed by atoms with van der Waals surface area (Å²) in [7, 11) is 0. The highest BCUT2D eigenvalue weighted by molar-refractivity contribution is 5.73. The molecule has 0 aliphatic carbocycles. The third-order valence-electron chi connectivity index (χ3n) is 2.80. The molecule has 0 bridgehead atoms. The third-order valence-corrected chi connectivity index (χ3v) is 2.80. The fourth-order valence-corrected chi connectivity index (χ4v) is 1.86. The van der Waals surface area contributed by atoms with Crippen LogP contribution in [0.15, 0.2) is 0 Å². The molecule has 0 aliphatic rings. The van der Waals surface area contributed by atoms with Crippen LogP contribution in [0.4, 0.5) is 0 Å². The molecule has 0 radical (unpaired) electrons. The van der Waals surface area contributed by atoms with Crippen molar-refractivity contribution < 1.29 is 9.90 Å². The minimum atomic E-state index is -0.689. The van der Waals surface area contributed by atoms with E-state index in [0.717, 1.165) is 19.3 Å². The van der Waals surface area contributed by atoms with Gasteiger partial charge in [-0.1, -0.05) is 27.7 Å². The molecule has 0 aliphatic heterocycles.